The van der Waals surface area contributed by atoms with E-state index in [4.69, 9.17) is 10.7 Å². The van der Waals surface area contributed by atoms with Gasteiger partial charge in [-0.25, -0.2) is 9.67 Å². The number of aromatic nitrogens is 4. The van der Waals surface area contributed by atoms with E-state index in [1.165, 1.54) is 12.6 Å². The lowest BCUT2D eigenvalue weighted by Gasteiger charge is -2.24. The van der Waals surface area contributed by atoms with Gasteiger partial charge in [0, 0.05) is 29.4 Å². The molecule has 0 atom stereocenters. The van der Waals surface area contributed by atoms with Crippen LogP contribution >= 0.6 is 0 Å². The molecule has 3 aromatic heterocycles. The number of carbonyl (C=O) groups excluding carboxylic acids is 1. The Hall–Kier alpha value is -3.94. The maximum Gasteiger partial charge on any atom is 0.253 e. The molecule has 0 spiro atoms. The Morgan fingerprint density at radius 1 is 1.30 bits per heavy atom. The highest BCUT2D eigenvalue weighted by Gasteiger charge is 2.23. The van der Waals surface area contributed by atoms with E-state index >= 15 is 0 Å². The molecule has 194 valence electrons. The summed E-state index contributed by atoms with van der Waals surface area (Å²) in [5, 5.41) is 8.14. The van der Waals surface area contributed by atoms with Gasteiger partial charge < -0.3 is 16.0 Å². The fourth-order valence-corrected chi connectivity index (χ4v) is 5.15. The van der Waals surface area contributed by atoms with E-state index < -0.39 is 0 Å². The maximum absolute atomic E-state index is 13.6. The van der Waals surface area contributed by atoms with E-state index in [1.54, 1.807) is 35.2 Å². The number of hydrogen-bond acceptors (Lipinski definition) is 5. The van der Waals surface area contributed by atoms with Gasteiger partial charge in [-0.1, -0.05) is 38.0 Å². The predicted molar refractivity (Wildman–Crippen MR) is 148 cm³/mol. The zero-order chi connectivity index (χ0) is 26.5. The number of pyridine rings is 2. The quantitative estimate of drug-likeness (QED) is 0.375. The maximum atomic E-state index is 13.6. The Balaban J connectivity index is 1.73. The van der Waals surface area contributed by atoms with Crippen LogP contribution in [0.2, 0.25) is 0 Å². The second-order valence-electron chi connectivity index (χ2n) is 9.93. The van der Waals surface area contributed by atoms with Gasteiger partial charge in [0.25, 0.3) is 11.5 Å². The van der Waals surface area contributed by atoms with Gasteiger partial charge in [0.15, 0.2) is 5.65 Å². The van der Waals surface area contributed by atoms with Crippen molar-refractivity contribution in [3.8, 4) is 0 Å². The van der Waals surface area contributed by atoms with Gasteiger partial charge in [0.2, 0.25) is 0 Å². The number of allylic oxidation sites excluding steroid dienone is 4. The van der Waals surface area contributed by atoms with Crippen LogP contribution in [0.4, 0.5) is 0 Å². The number of aromatic amines is 1. The molecule has 0 bridgehead atoms. The fraction of sp³-hybridized carbons (Fsp3) is 0.379. The molecule has 8 heteroatoms. The first-order valence-corrected chi connectivity index (χ1v) is 12.9. The molecule has 3 aromatic rings. The summed E-state index contributed by atoms with van der Waals surface area (Å²) < 4.78 is 1.79. The van der Waals surface area contributed by atoms with Crippen molar-refractivity contribution >= 4 is 22.5 Å². The van der Waals surface area contributed by atoms with Crippen LogP contribution in [0.5, 0.6) is 0 Å². The molecule has 4 rings (SSSR count). The third-order valence-electron chi connectivity index (χ3n) is 6.95. The summed E-state index contributed by atoms with van der Waals surface area (Å²) in [5.74, 6) is 0.0565. The molecule has 3 heterocycles. The number of rotatable bonds is 8. The number of fused-ring (bicyclic) bond motifs is 1. The number of amides is 1. The molecule has 4 N–H and O–H groups in total. The predicted octanol–water partition coefficient (Wildman–Crippen LogP) is 5.03. The number of carbonyl (C=O) groups is 1. The van der Waals surface area contributed by atoms with E-state index in [0.29, 0.717) is 33.8 Å². The molecule has 1 aliphatic carbocycles. The molecule has 0 saturated heterocycles. The van der Waals surface area contributed by atoms with Crippen molar-refractivity contribution in [2.24, 2.45) is 5.73 Å². The third-order valence-corrected chi connectivity index (χ3v) is 6.95. The summed E-state index contributed by atoms with van der Waals surface area (Å²) >= 11 is 0. The van der Waals surface area contributed by atoms with Gasteiger partial charge >= 0.3 is 0 Å². The molecular formula is C29H36N6O2. The Bertz CT molecular complexity index is 1420. The highest BCUT2D eigenvalue weighted by Crippen LogP contribution is 2.34. The van der Waals surface area contributed by atoms with Crippen LogP contribution in [0.25, 0.3) is 16.6 Å². The van der Waals surface area contributed by atoms with Gasteiger partial charge in [-0.05, 0) is 69.5 Å². The highest BCUT2D eigenvalue weighted by molar-refractivity contribution is 6.06. The largest absolute Gasteiger partial charge is 0.405 e. The zero-order valence-corrected chi connectivity index (χ0v) is 21.9. The lowest BCUT2D eigenvalue weighted by Crippen LogP contribution is -2.29. The molecule has 37 heavy (non-hydrogen) atoms. The minimum atomic E-state index is -0.291. The Kier molecular flexibility index (Phi) is 8.06. The summed E-state index contributed by atoms with van der Waals surface area (Å²) in [6, 6.07) is 3.86. The monoisotopic (exact) mass is 500 g/mol. The number of nitrogens with two attached hydrogens (primary N) is 1. The van der Waals surface area contributed by atoms with Crippen molar-refractivity contribution in [3.63, 3.8) is 0 Å². The third kappa shape index (κ3) is 5.58. The topological polar surface area (TPSA) is 119 Å². The van der Waals surface area contributed by atoms with E-state index in [1.807, 2.05) is 20.8 Å². The molecular weight excluding hydrogens is 464 g/mol. The number of H-pyrrole nitrogens is 1. The number of nitrogens with one attached hydrogen (secondary N) is 2. The van der Waals surface area contributed by atoms with Gasteiger partial charge in [-0.2, -0.15) is 5.10 Å². The standard InChI is InChI=1S/C29H36N6O2/c1-5-9-21(12-13-30)26-15-23(24-17-32-35(18(2)3)27(24)34-26)28(36)31-16-25-22(14-19(4)33-29(25)37)20-10-7-6-8-11-20/h5,9,12-15,17-18,20H,1,6-8,10-11,16,30H2,2-4H3,(H,31,36)(H,33,37)/b13-12-,21-9+. The molecule has 8 nitrogen and oxygen atoms in total. The lowest BCUT2D eigenvalue weighted by atomic mass is 9.82. The van der Waals surface area contributed by atoms with Crippen molar-refractivity contribution in [2.75, 3.05) is 0 Å². The van der Waals surface area contributed by atoms with E-state index in [9.17, 15) is 9.59 Å². The first-order valence-electron chi connectivity index (χ1n) is 12.9. The Labute approximate surface area is 217 Å². The van der Waals surface area contributed by atoms with Gasteiger partial charge in [-0.3, -0.25) is 9.59 Å². The summed E-state index contributed by atoms with van der Waals surface area (Å²) in [4.78, 5) is 34.3. The van der Waals surface area contributed by atoms with Gasteiger partial charge in [0.05, 0.1) is 22.8 Å². The van der Waals surface area contributed by atoms with Crippen molar-refractivity contribution in [2.45, 2.75) is 71.4 Å². The Morgan fingerprint density at radius 2 is 2.05 bits per heavy atom. The lowest BCUT2D eigenvalue weighted by molar-refractivity contribution is 0.0952. The highest BCUT2D eigenvalue weighted by atomic mass is 16.1. The van der Waals surface area contributed by atoms with Gasteiger partial charge in [-0.15, -0.1) is 0 Å². The number of aryl methyl sites for hydroxylation is 1. The minimum Gasteiger partial charge on any atom is -0.405 e. The molecule has 1 saturated carbocycles. The fourth-order valence-electron chi connectivity index (χ4n) is 5.15. The summed E-state index contributed by atoms with van der Waals surface area (Å²) in [6.07, 6.45) is 14.0. The zero-order valence-electron chi connectivity index (χ0n) is 21.9. The number of nitrogens with zero attached hydrogens (tertiary/aromatic N) is 3. The molecule has 0 radical (unpaired) electrons. The van der Waals surface area contributed by atoms with Crippen molar-refractivity contribution in [1.29, 1.82) is 0 Å². The first-order chi connectivity index (χ1) is 17.8. The smallest absolute Gasteiger partial charge is 0.253 e. The van der Waals surface area contributed by atoms with Crippen LogP contribution < -0.4 is 16.6 Å². The number of hydrogen-bond donors (Lipinski definition) is 3. The molecule has 1 fully saturated rings. The van der Waals surface area contributed by atoms with Crippen LogP contribution in [0.1, 0.15) is 90.8 Å². The van der Waals surface area contributed by atoms with Crippen LogP contribution in [0.15, 0.2) is 54.1 Å². The van der Waals surface area contributed by atoms with Crippen molar-refractivity contribution < 1.29 is 4.79 Å². The molecule has 0 unspecified atom stereocenters. The van der Waals surface area contributed by atoms with Gasteiger partial charge in [0.1, 0.15) is 0 Å². The average Bonchev–Trinajstić information content (AvgIpc) is 3.32. The second-order valence-corrected chi connectivity index (χ2v) is 9.93. The van der Waals surface area contributed by atoms with Crippen molar-refractivity contribution in [1.82, 2.24) is 25.1 Å². The second kappa shape index (κ2) is 11.4. The van der Waals surface area contributed by atoms with Crippen LogP contribution in [0.3, 0.4) is 0 Å². The average molecular weight is 501 g/mol. The Morgan fingerprint density at radius 3 is 2.73 bits per heavy atom. The first kappa shape index (κ1) is 26.1. The van der Waals surface area contributed by atoms with Crippen LogP contribution in [-0.4, -0.2) is 25.7 Å². The minimum absolute atomic E-state index is 0.0530. The van der Waals surface area contributed by atoms with Crippen molar-refractivity contribution in [3.05, 3.63) is 87.8 Å². The van der Waals surface area contributed by atoms with E-state index in [0.717, 1.165) is 42.5 Å². The van der Waals surface area contributed by atoms with Crippen LogP contribution in [0, 0.1) is 6.92 Å². The SMILES string of the molecule is C=C/C=C(\C=C/N)c1cc(C(=O)NCc2c(C3CCCCC3)cc(C)[nH]c2=O)c2cnn(C(C)C)c2n1. The van der Waals surface area contributed by atoms with E-state index in [2.05, 4.69) is 28.0 Å². The van der Waals surface area contributed by atoms with E-state index in [-0.39, 0.29) is 24.1 Å². The summed E-state index contributed by atoms with van der Waals surface area (Å²) in [5.41, 5.74) is 10.4. The van der Waals surface area contributed by atoms with Crippen LogP contribution in [-0.2, 0) is 6.54 Å². The molecule has 1 aliphatic rings. The molecule has 0 aliphatic heterocycles. The molecule has 0 aromatic carbocycles. The normalized spacial score (nSPS) is 15.1. The molecule has 1 amide bonds. The summed E-state index contributed by atoms with van der Waals surface area (Å²) in [6.45, 7) is 9.86. The summed E-state index contributed by atoms with van der Waals surface area (Å²) in [7, 11) is 0.